The van der Waals surface area contributed by atoms with E-state index in [1.54, 1.807) is 5.01 Å². The lowest BCUT2D eigenvalue weighted by atomic mass is 9.86. The normalized spacial score (nSPS) is 25.2. The van der Waals surface area contributed by atoms with Gasteiger partial charge in [-0.05, 0) is 18.3 Å². The maximum atomic E-state index is 12.0. The molecule has 0 radical (unpaired) electrons. The summed E-state index contributed by atoms with van der Waals surface area (Å²) in [6, 6.07) is 0. The summed E-state index contributed by atoms with van der Waals surface area (Å²) in [5.41, 5.74) is 0. The molecule has 106 valence electrons. The largest absolute Gasteiger partial charge is 0.448 e. The summed E-state index contributed by atoms with van der Waals surface area (Å²) in [6.45, 7) is 8.83. The molecule has 0 aromatic heterocycles. The van der Waals surface area contributed by atoms with E-state index in [2.05, 4.69) is 20.8 Å². The predicted octanol–water partition coefficient (Wildman–Crippen LogP) is 3.14. The van der Waals surface area contributed by atoms with Crippen LogP contribution in [0.15, 0.2) is 0 Å². The fourth-order valence-electron chi connectivity index (χ4n) is 2.61. The van der Waals surface area contributed by atoms with E-state index in [-0.39, 0.29) is 6.09 Å². The zero-order valence-electron chi connectivity index (χ0n) is 12.3. The molecule has 1 amide bonds. The van der Waals surface area contributed by atoms with Gasteiger partial charge in [-0.15, -0.1) is 0 Å². The van der Waals surface area contributed by atoms with Crippen LogP contribution in [0.25, 0.3) is 0 Å². The van der Waals surface area contributed by atoms with Crippen LogP contribution >= 0.6 is 0 Å². The fourth-order valence-corrected chi connectivity index (χ4v) is 2.61. The Kier molecular flexibility index (Phi) is 6.47. The van der Waals surface area contributed by atoms with Crippen molar-refractivity contribution in [2.75, 3.05) is 26.7 Å². The number of unbranched alkanes of at least 4 members (excludes halogenated alkanes) is 1. The molecule has 0 saturated carbocycles. The molecule has 0 aromatic carbocycles. The highest BCUT2D eigenvalue weighted by molar-refractivity contribution is 5.67. The Bertz CT molecular complexity index is 258. The first-order chi connectivity index (χ1) is 8.63. The standard InChI is InChI=1S/C14H28N2O2/c1-5-8-9-18-14(17)16-11-13(7-3)12(6-2)10-15(16)4/h12-13H,5-11H2,1-4H3. The van der Waals surface area contributed by atoms with Gasteiger partial charge >= 0.3 is 6.09 Å². The molecule has 1 saturated heterocycles. The van der Waals surface area contributed by atoms with Gasteiger partial charge in [0, 0.05) is 20.1 Å². The molecule has 2 atom stereocenters. The van der Waals surface area contributed by atoms with Crippen LogP contribution in [0.5, 0.6) is 0 Å². The third-order valence-electron chi connectivity index (χ3n) is 3.97. The minimum Gasteiger partial charge on any atom is -0.448 e. The van der Waals surface area contributed by atoms with Gasteiger partial charge in [-0.3, -0.25) is 0 Å². The highest BCUT2D eigenvalue weighted by atomic mass is 16.6. The molecule has 0 bridgehead atoms. The number of hydrogen-bond acceptors (Lipinski definition) is 3. The number of carbonyl (C=O) groups is 1. The van der Waals surface area contributed by atoms with E-state index in [1.165, 1.54) is 6.42 Å². The van der Waals surface area contributed by atoms with Gasteiger partial charge in [0.1, 0.15) is 0 Å². The van der Waals surface area contributed by atoms with Gasteiger partial charge in [-0.25, -0.2) is 14.8 Å². The summed E-state index contributed by atoms with van der Waals surface area (Å²) in [5, 5.41) is 3.80. The summed E-state index contributed by atoms with van der Waals surface area (Å²) in [7, 11) is 1.98. The third kappa shape index (κ3) is 3.87. The second-order valence-corrected chi connectivity index (χ2v) is 5.23. The molecule has 1 rings (SSSR count). The fraction of sp³-hybridized carbons (Fsp3) is 0.929. The Labute approximate surface area is 111 Å². The van der Waals surface area contributed by atoms with Gasteiger partial charge in [0.25, 0.3) is 0 Å². The lowest BCUT2D eigenvalue weighted by molar-refractivity contribution is -0.0663. The van der Waals surface area contributed by atoms with Crippen LogP contribution < -0.4 is 0 Å². The lowest BCUT2D eigenvalue weighted by Crippen LogP contribution is -2.54. The maximum Gasteiger partial charge on any atom is 0.424 e. The van der Waals surface area contributed by atoms with E-state index in [9.17, 15) is 4.79 Å². The van der Waals surface area contributed by atoms with Crippen molar-refractivity contribution in [2.45, 2.75) is 46.5 Å². The Hall–Kier alpha value is -0.770. The van der Waals surface area contributed by atoms with Crippen molar-refractivity contribution >= 4 is 6.09 Å². The first kappa shape index (κ1) is 15.3. The van der Waals surface area contributed by atoms with Crippen molar-refractivity contribution in [3.8, 4) is 0 Å². The van der Waals surface area contributed by atoms with Gasteiger partial charge in [-0.2, -0.15) is 0 Å². The Morgan fingerprint density at radius 2 is 1.78 bits per heavy atom. The van der Waals surface area contributed by atoms with E-state index >= 15 is 0 Å². The first-order valence-corrected chi connectivity index (χ1v) is 7.29. The van der Waals surface area contributed by atoms with Crippen LogP contribution in [0.2, 0.25) is 0 Å². The van der Waals surface area contributed by atoms with Gasteiger partial charge < -0.3 is 4.74 Å². The highest BCUT2D eigenvalue weighted by Crippen LogP contribution is 2.27. The molecule has 18 heavy (non-hydrogen) atoms. The topological polar surface area (TPSA) is 32.8 Å². The Morgan fingerprint density at radius 3 is 2.33 bits per heavy atom. The van der Waals surface area contributed by atoms with Crippen molar-refractivity contribution in [1.82, 2.24) is 10.0 Å². The van der Waals surface area contributed by atoms with Crippen LogP contribution in [-0.2, 0) is 4.74 Å². The molecule has 4 nitrogen and oxygen atoms in total. The number of ether oxygens (including phenoxy) is 1. The molecule has 1 heterocycles. The minimum atomic E-state index is -0.182. The quantitative estimate of drug-likeness (QED) is 0.708. The maximum absolute atomic E-state index is 12.0. The molecule has 1 aliphatic heterocycles. The molecule has 0 N–H and O–H groups in total. The Balaban J connectivity index is 2.52. The van der Waals surface area contributed by atoms with Crippen molar-refractivity contribution in [2.24, 2.45) is 11.8 Å². The van der Waals surface area contributed by atoms with Crippen LogP contribution in [0.1, 0.15) is 46.5 Å². The molecule has 4 heteroatoms. The lowest BCUT2D eigenvalue weighted by Gasteiger charge is -2.43. The van der Waals surface area contributed by atoms with Gasteiger partial charge in [0.15, 0.2) is 0 Å². The molecule has 1 aliphatic rings. The number of hydrazine groups is 1. The van der Waals surface area contributed by atoms with Crippen LogP contribution in [-0.4, -0.2) is 42.9 Å². The predicted molar refractivity (Wildman–Crippen MR) is 73.2 cm³/mol. The summed E-state index contributed by atoms with van der Waals surface area (Å²) in [5.74, 6) is 1.30. The van der Waals surface area contributed by atoms with Crippen molar-refractivity contribution in [3.63, 3.8) is 0 Å². The molecule has 0 spiro atoms. The van der Waals surface area contributed by atoms with E-state index in [1.807, 2.05) is 12.1 Å². The minimum absolute atomic E-state index is 0.182. The highest BCUT2D eigenvalue weighted by Gasteiger charge is 2.33. The number of carbonyl (C=O) groups excluding carboxylic acids is 1. The summed E-state index contributed by atoms with van der Waals surface area (Å²) >= 11 is 0. The van der Waals surface area contributed by atoms with E-state index in [0.29, 0.717) is 18.4 Å². The van der Waals surface area contributed by atoms with E-state index < -0.39 is 0 Å². The first-order valence-electron chi connectivity index (χ1n) is 7.29. The number of rotatable bonds is 5. The summed E-state index contributed by atoms with van der Waals surface area (Å²) in [4.78, 5) is 12.0. The van der Waals surface area contributed by atoms with E-state index in [0.717, 1.165) is 32.4 Å². The van der Waals surface area contributed by atoms with Crippen LogP contribution in [0.3, 0.4) is 0 Å². The second kappa shape index (κ2) is 7.62. The summed E-state index contributed by atoms with van der Waals surface area (Å²) in [6.07, 6.45) is 4.13. The van der Waals surface area contributed by atoms with Crippen molar-refractivity contribution in [1.29, 1.82) is 0 Å². The molecular formula is C14H28N2O2. The van der Waals surface area contributed by atoms with Crippen LogP contribution in [0.4, 0.5) is 4.79 Å². The van der Waals surface area contributed by atoms with Gasteiger partial charge in [0.2, 0.25) is 0 Å². The number of hydrogen-bond donors (Lipinski definition) is 0. The SMILES string of the molecule is CCCCOC(=O)N1CC(CC)C(CC)CN1C. The van der Waals surface area contributed by atoms with Crippen molar-refractivity contribution < 1.29 is 9.53 Å². The summed E-state index contributed by atoms with van der Waals surface area (Å²) < 4.78 is 5.30. The average Bonchev–Trinajstić information content (AvgIpc) is 2.38. The third-order valence-corrected chi connectivity index (χ3v) is 3.97. The molecule has 2 unspecified atom stereocenters. The molecular weight excluding hydrogens is 228 g/mol. The van der Waals surface area contributed by atoms with Crippen molar-refractivity contribution in [3.05, 3.63) is 0 Å². The second-order valence-electron chi connectivity index (χ2n) is 5.23. The molecule has 0 aromatic rings. The number of nitrogens with zero attached hydrogens (tertiary/aromatic N) is 2. The van der Waals surface area contributed by atoms with Gasteiger partial charge in [-0.1, -0.05) is 40.0 Å². The van der Waals surface area contributed by atoms with Gasteiger partial charge in [0.05, 0.1) is 6.61 Å². The zero-order valence-corrected chi connectivity index (χ0v) is 12.3. The molecule has 1 fully saturated rings. The molecule has 0 aliphatic carbocycles. The Morgan fingerprint density at radius 1 is 1.17 bits per heavy atom. The average molecular weight is 256 g/mol. The monoisotopic (exact) mass is 256 g/mol. The zero-order chi connectivity index (χ0) is 13.5. The van der Waals surface area contributed by atoms with Crippen LogP contribution in [0, 0.1) is 11.8 Å². The smallest absolute Gasteiger partial charge is 0.424 e. The van der Waals surface area contributed by atoms with E-state index in [4.69, 9.17) is 4.74 Å². The number of amides is 1.